The zero-order valence-electron chi connectivity index (χ0n) is 45.1. The van der Waals surface area contributed by atoms with Crippen molar-refractivity contribution in [2.75, 3.05) is 60.2 Å². The third-order valence-electron chi connectivity index (χ3n) is 16.0. The van der Waals surface area contributed by atoms with Crippen molar-refractivity contribution >= 4 is 38.8 Å². The maximum atomic E-state index is 14.7. The van der Waals surface area contributed by atoms with E-state index in [0.29, 0.717) is 49.7 Å². The van der Waals surface area contributed by atoms with E-state index in [-0.39, 0.29) is 51.7 Å². The maximum absolute atomic E-state index is 14.7. The number of carbonyl (C=O) groups excluding carboxylic acids is 1. The molecular formula is C52H98O10Si4. The van der Waals surface area contributed by atoms with Gasteiger partial charge < -0.3 is 47.1 Å². The van der Waals surface area contributed by atoms with Crippen LogP contribution in [0.25, 0.3) is 0 Å². The zero-order valence-corrected chi connectivity index (χ0v) is 49.1. The van der Waals surface area contributed by atoms with Crippen LogP contribution >= 0.6 is 0 Å². The molecule has 3 aliphatic carbocycles. The summed E-state index contributed by atoms with van der Waals surface area (Å²) in [5, 5.41) is 0. The summed E-state index contributed by atoms with van der Waals surface area (Å²) < 4.78 is 61.0. The summed E-state index contributed by atoms with van der Waals surface area (Å²) in [7, 11) is -6.40. The molecule has 0 saturated heterocycles. The quantitative estimate of drug-likeness (QED) is 0.0300. The predicted octanol–water partition coefficient (Wildman–Crippen LogP) is 12.9. The highest BCUT2D eigenvalue weighted by atomic mass is 28.4. The van der Waals surface area contributed by atoms with Gasteiger partial charge in [-0.3, -0.25) is 0 Å². The third kappa shape index (κ3) is 13.9. The van der Waals surface area contributed by atoms with Crippen molar-refractivity contribution in [1.82, 2.24) is 0 Å². The second-order valence-corrected chi connectivity index (χ2v) is 47.8. The van der Waals surface area contributed by atoms with Crippen LogP contribution in [0.5, 0.6) is 0 Å². The molecule has 3 aliphatic rings. The van der Waals surface area contributed by atoms with Gasteiger partial charge in [-0.1, -0.05) is 131 Å². The summed E-state index contributed by atoms with van der Waals surface area (Å²) in [5.74, 6) is -0.161. The second kappa shape index (κ2) is 24.2. The van der Waals surface area contributed by atoms with E-state index in [0.717, 1.165) is 49.4 Å². The molecule has 3 saturated carbocycles. The van der Waals surface area contributed by atoms with E-state index >= 15 is 0 Å². The number of hydrogen-bond acceptors (Lipinski definition) is 10. The molecule has 0 unspecified atom stereocenters. The Morgan fingerprint density at radius 3 is 1.70 bits per heavy atom. The lowest BCUT2D eigenvalue weighted by atomic mass is 9.63. The lowest BCUT2D eigenvalue weighted by Gasteiger charge is -2.51. The number of ether oxygens (including phenoxy) is 8. The molecule has 0 aliphatic heterocycles. The number of benzene rings is 1. The van der Waals surface area contributed by atoms with Gasteiger partial charge in [0.15, 0.2) is 8.32 Å². The predicted molar refractivity (Wildman–Crippen MR) is 280 cm³/mol. The summed E-state index contributed by atoms with van der Waals surface area (Å²) >= 11 is 0. The SMILES string of the molecule is CC(C)[Si](OC[C@@]12CC[C@@H]([C@]3(CC[C@H](C(C)(C)OCOCC[Si](C)(C)C)[C@H]3OCOCC[Si](C)(C)C)[C@H]1OCOCC[Si](C)(C)C)[C@@]2(C=O)COCOCc1ccccc1)(C(C)C)C(C)C. The molecule has 3 fully saturated rings. The molecule has 14 heteroatoms. The first-order valence-corrected chi connectivity index (χ1v) is 38.9. The molecule has 0 radical (unpaired) electrons. The summed E-state index contributed by atoms with van der Waals surface area (Å²) in [4.78, 5) is 14.7. The average molecular weight is 996 g/mol. The van der Waals surface area contributed by atoms with Crippen molar-refractivity contribution in [3.63, 3.8) is 0 Å². The average Bonchev–Trinajstić information content (AvgIpc) is 3.79. The van der Waals surface area contributed by atoms with E-state index in [1.807, 2.05) is 18.2 Å². The summed E-state index contributed by atoms with van der Waals surface area (Å²) in [6.45, 7) is 43.3. The highest BCUT2D eigenvalue weighted by Gasteiger charge is 2.82. The van der Waals surface area contributed by atoms with Crippen LogP contribution in [-0.2, 0) is 53.7 Å². The molecule has 1 aromatic carbocycles. The molecule has 2 bridgehead atoms. The number of carbonyl (C=O) groups is 1. The lowest BCUT2D eigenvalue weighted by Crippen LogP contribution is -2.58. The minimum absolute atomic E-state index is 0.0372. The number of aldehydes is 1. The second-order valence-electron chi connectivity index (χ2n) is 25.5. The van der Waals surface area contributed by atoms with Crippen LogP contribution in [0.2, 0.25) is 93.7 Å². The van der Waals surface area contributed by atoms with E-state index < -0.39 is 60.5 Å². The molecule has 66 heavy (non-hydrogen) atoms. The Kier molecular flexibility index (Phi) is 21.3. The molecule has 7 atom stereocenters. The fourth-order valence-electron chi connectivity index (χ4n) is 12.5. The van der Waals surface area contributed by atoms with E-state index in [1.165, 1.54) is 6.29 Å². The van der Waals surface area contributed by atoms with Crippen LogP contribution in [-0.4, -0.2) is 117 Å². The zero-order chi connectivity index (χ0) is 49.2. The molecule has 10 nitrogen and oxygen atoms in total. The molecule has 1 spiro atoms. The molecule has 4 rings (SSSR count). The Labute approximate surface area is 407 Å². The molecule has 382 valence electrons. The summed E-state index contributed by atoms with van der Waals surface area (Å²) in [6, 6.07) is 13.3. The van der Waals surface area contributed by atoms with Gasteiger partial charge in [0.05, 0.1) is 36.4 Å². The van der Waals surface area contributed by atoms with E-state index in [2.05, 4.69) is 126 Å². The van der Waals surface area contributed by atoms with Crippen molar-refractivity contribution in [2.24, 2.45) is 28.1 Å². The highest BCUT2D eigenvalue weighted by Crippen LogP contribution is 2.78. The van der Waals surface area contributed by atoms with Crippen molar-refractivity contribution in [3.8, 4) is 0 Å². The number of hydrogen-bond donors (Lipinski definition) is 0. The standard InChI is InChI=1S/C52H98O10Si4/c1-41(2)66(42(3)4,43(5)6)62-36-50-25-24-46(51(50,34-53)35-58-37-57-33-44-21-19-18-20-22-44)52(48(50)60-39-55-28-31-64(12,13)14)26-23-45(47(52)59-38-54-27-30-63(9,10)11)49(7,8)61-40-56-29-32-65(15,16)17/h18-22,34,41-43,45-48H,23-33,35-40H2,1-17H3/t45-,46+,47+,48-,50-,51+,52-/m0/s1. The van der Waals surface area contributed by atoms with E-state index in [9.17, 15) is 4.79 Å². The van der Waals surface area contributed by atoms with Gasteiger partial charge in [-0.15, -0.1) is 0 Å². The van der Waals surface area contributed by atoms with Gasteiger partial charge in [0, 0.05) is 67.4 Å². The monoisotopic (exact) mass is 995 g/mol. The normalized spacial score (nSPS) is 27.4. The van der Waals surface area contributed by atoms with Crippen molar-refractivity contribution in [3.05, 3.63) is 35.9 Å². The minimum atomic E-state index is -2.43. The lowest BCUT2D eigenvalue weighted by molar-refractivity contribution is -0.235. The molecule has 0 aromatic heterocycles. The van der Waals surface area contributed by atoms with Crippen molar-refractivity contribution < 1.29 is 47.1 Å². The molecular weight excluding hydrogens is 897 g/mol. The fourth-order valence-corrected chi connectivity index (χ4v) is 20.2. The van der Waals surface area contributed by atoms with Crippen LogP contribution in [0.1, 0.15) is 86.6 Å². The van der Waals surface area contributed by atoms with Gasteiger partial charge in [-0.2, -0.15) is 0 Å². The topological polar surface area (TPSA) is 100 Å². The Hall–Kier alpha value is -0.602. The van der Waals surface area contributed by atoms with Crippen LogP contribution in [0, 0.1) is 28.1 Å². The fraction of sp³-hybridized carbons (Fsp3) is 0.865. The number of fused-ring (bicyclic) bond motifs is 3. The molecule has 0 heterocycles. The summed E-state index contributed by atoms with van der Waals surface area (Å²) in [6.07, 6.45) is 3.72. The van der Waals surface area contributed by atoms with Crippen LogP contribution in [0.15, 0.2) is 30.3 Å². The molecule has 0 N–H and O–H groups in total. The van der Waals surface area contributed by atoms with Crippen LogP contribution < -0.4 is 0 Å². The van der Waals surface area contributed by atoms with Gasteiger partial charge in [0.2, 0.25) is 0 Å². The van der Waals surface area contributed by atoms with E-state index in [4.69, 9.17) is 42.3 Å². The van der Waals surface area contributed by atoms with E-state index in [1.54, 1.807) is 0 Å². The molecule has 1 aromatic rings. The minimum Gasteiger partial charge on any atom is -0.415 e. The Balaban J connectivity index is 1.85. The largest absolute Gasteiger partial charge is 0.415 e. The number of rotatable bonds is 32. The first kappa shape index (κ1) is 58.0. The highest BCUT2D eigenvalue weighted by molar-refractivity contribution is 6.78. The third-order valence-corrected chi connectivity index (χ3v) is 27.2. The van der Waals surface area contributed by atoms with Gasteiger partial charge in [0.25, 0.3) is 0 Å². The Morgan fingerprint density at radius 1 is 0.652 bits per heavy atom. The smallest absolute Gasteiger partial charge is 0.200 e. The first-order chi connectivity index (χ1) is 30.7. The molecule has 0 amide bonds. The van der Waals surface area contributed by atoms with Crippen LogP contribution in [0.3, 0.4) is 0 Å². The van der Waals surface area contributed by atoms with Gasteiger partial charge in [0.1, 0.15) is 33.5 Å². The van der Waals surface area contributed by atoms with Crippen molar-refractivity contribution in [2.45, 2.75) is 199 Å². The van der Waals surface area contributed by atoms with Gasteiger partial charge in [-0.05, 0) is 85.8 Å². The van der Waals surface area contributed by atoms with Crippen LogP contribution in [0.4, 0.5) is 0 Å². The summed E-state index contributed by atoms with van der Waals surface area (Å²) in [5.41, 5.74) is -0.708. The Bertz CT molecular complexity index is 1570. The Morgan fingerprint density at radius 2 is 1.18 bits per heavy atom. The van der Waals surface area contributed by atoms with Crippen molar-refractivity contribution in [1.29, 1.82) is 0 Å². The van der Waals surface area contributed by atoms with Gasteiger partial charge >= 0.3 is 0 Å². The maximum Gasteiger partial charge on any atom is 0.200 e. The first-order valence-electron chi connectivity index (χ1n) is 25.6. The van der Waals surface area contributed by atoms with Gasteiger partial charge in [-0.25, -0.2) is 0 Å².